The Balaban J connectivity index is 2.13. The van der Waals surface area contributed by atoms with E-state index in [2.05, 4.69) is 0 Å². The average Bonchev–Trinajstić information content (AvgIpc) is 2.45. The van der Waals surface area contributed by atoms with E-state index < -0.39 is 17.6 Å². The molecule has 0 aromatic heterocycles. The lowest BCUT2D eigenvalue weighted by molar-refractivity contribution is -0.137. The molecule has 112 valence electrons. The highest BCUT2D eigenvalue weighted by Gasteiger charge is 2.30. The van der Waals surface area contributed by atoms with E-state index in [1.165, 1.54) is 30.3 Å². The minimum Gasteiger partial charge on any atom is -0.489 e. The van der Waals surface area contributed by atoms with Crippen molar-refractivity contribution in [2.45, 2.75) is 19.3 Å². The molecule has 0 aliphatic rings. The van der Waals surface area contributed by atoms with Gasteiger partial charge in [-0.05, 0) is 41.5 Å². The van der Waals surface area contributed by atoms with Crippen molar-refractivity contribution in [1.29, 1.82) is 0 Å². The third kappa shape index (κ3) is 3.95. The van der Waals surface area contributed by atoms with E-state index in [4.69, 9.17) is 10.5 Å². The number of nitrogens with two attached hydrogens (primary N) is 1. The lowest BCUT2D eigenvalue weighted by Gasteiger charge is -2.12. The Labute approximate surface area is 119 Å². The Bertz CT molecular complexity index is 625. The molecule has 0 amide bonds. The molecular weight excluding hydrogens is 286 g/mol. The normalized spacial score (nSPS) is 11.5. The first kappa shape index (κ1) is 15.3. The van der Waals surface area contributed by atoms with Crippen LogP contribution in [0, 0.1) is 5.82 Å². The van der Waals surface area contributed by atoms with Crippen LogP contribution in [0.15, 0.2) is 42.5 Å². The number of halogens is 4. The number of hydrogen-bond acceptors (Lipinski definition) is 2. The van der Waals surface area contributed by atoms with Crippen LogP contribution >= 0.6 is 0 Å². The smallest absolute Gasteiger partial charge is 0.416 e. The van der Waals surface area contributed by atoms with Crippen LogP contribution in [0.25, 0.3) is 0 Å². The molecule has 0 radical (unpaired) electrons. The summed E-state index contributed by atoms with van der Waals surface area (Å²) >= 11 is 0. The maximum absolute atomic E-state index is 13.1. The summed E-state index contributed by atoms with van der Waals surface area (Å²) in [7, 11) is 0. The molecule has 0 unspecified atom stereocenters. The number of alkyl halides is 3. The summed E-state index contributed by atoms with van der Waals surface area (Å²) in [6.45, 7) is 0.146. The van der Waals surface area contributed by atoms with Crippen LogP contribution in [0.3, 0.4) is 0 Å². The van der Waals surface area contributed by atoms with Gasteiger partial charge in [0.2, 0.25) is 0 Å². The van der Waals surface area contributed by atoms with Crippen molar-refractivity contribution < 1.29 is 22.3 Å². The molecule has 0 aliphatic carbocycles. The Kier molecular flexibility index (Phi) is 4.47. The van der Waals surface area contributed by atoms with Crippen molar-refractivity contribution in [3.63, 3.8) is 0 Å². The van der Waals surface area contributed by atoms with Gasteiger partial charge in [0, 0.05) is 6.54 Å². The third-order valence-corrected chi connectivity index (χ3v) is 2.94. The van der Waals surface area contributed by atoms with Crippen LogP contribution in [-0.4, -0.2) is 0 Å². The SMILES string of the molecule is NCc1cc(F)ccc1COc1cccc(C(F)(F)F)c1. The van der Waals surface area contributed by atoms with Gasteiger partial charge in [0.1, 0.15) is 18.2 Å². The van der Waals surface area contributed by atoms with Gasteiger partial charge < -0.3 is 10.5 Å². The monoisotopic (exact) mass is 299 g/mol. The lowest BCUT2D eigenvalue weighted by atomic mass is 10.1. The van der Waals surface area contributed by atoms with E-state index >= 15 is 0 Å². The summed E-state index contributed by atoms with van der Waals surface area (Å²) in [6.07, 6.45) is -4.42. The second-order valence-electron chi connectivity index (χ2n) is 4.43. The number of ether oxygens (including phenoxy) is 1. The average molecular weight is 299 g/mol. The second-order valence-corrected chi connectivity index (χ2v) is 4.43. The standard InChI is InChI=1S/C15H13F4NO/c16-13-5-4-10(11(6-13)8-20)9-21-14-3-1-2-12(7-14)15(17,18)19/h1-7H,8-9,20H2. The van der Waals surface area contributed by atoms with E-state index in [9.17, 15) is 17.6 Å². The fourth-order valence-corrected chi connectivity index (χ4v) is 1.85. The topological polar surface area (TPSA) is 35.2 Å². The van der Waals surface area contributed by atoms with Gasteiger partial charge in [0.05, 0.1) is 5.56 Å². The van der Waals surface area contributed by atoms with Crippen molar-refractivity contribution in [3.8, 4) is 5.75 Å². The maximum Gasteiger partial charge on any atom is 0.416 e. The first-order valence-electron chi connectivity index (χ1n) is 6.17. The Morgan fingerprint density at radius 2 is 1.76 bits per heavy atom. The molecule has 2 rings (SSSR count). The van der Waals surface area contributed by atoms with E-state index in [-0.39, 0.29) is 18.9 Å². The molecule has 0 saturated carbocycles. The van der Waals surface area contributed by atoms with Gasteiger partial charge in [-0.15, -0.1) is 0 Å². The van der Waals surface area contributed by atoms with Crippen LogP contribution in [0.5, 0.6) is 5.75 Å². The molecule has 0 aliphatic heterocycles. The fourth-order valence-electron chi connectivity index (χ4n) is 1.85. The highest BCUT2D eigenvalue weighted by atomic mass is 19.4. The molecule has 0 bridgehead atoms. The summed E-state index contributed by atoms with van der Waals surface area (Å²) in [6, 6.07) is 8.63. The Hall–Kier alpha value is -2.08. The van der Waals surface area contributed by atoms with E-state index in [1.54, 1.807) is 0 Å². The van der Waals surface area contributed by atoms with Gasteiger partial charge in [-0.3, -0.25) is 0 Å². The van der Waals surface area contributed by atoms with Gasteiger partial charge in [-0.25, -0.2) is 4.39 Å². The Morgan fingerprint density at radius 1 is 1.00 bits per heavy atom. The molecule has 2 aromatic rings. The number of benzene rings is 2. The quantitative estimate of drug-likeness (QED) is 0.870. The zero-order valence-corrected chi connectivity index (χ0v) is 11.0. The van der Waals surface area contributed by atoms with Crippen LogP contribution in [0.2, 0.25) is 0 Å². The zero-order valence-electron chi connectivity index (χ0n) is 11.0. The fraction of sp³-hybridized carbons (Fsp3) is 0.200. The molecule has 2 N–H and O–H groups in total. The molecule has 2 aromatic carbocycles. The van der Waals surface area contributed by atoms with Crippen molar-refractivity contribution in [2.24, 2.45) is 5.73 Å². The van der Waals surface area contributed by atoms with Gasteiger partial charge in [0.15, 0.2) is 0 Å². The van der Waals surface area contributed by atoms with Gasteiger partial charge in [0.25, 0.3) is 0 Å². The predicted molar refractivity (Wildman–Crippen MR) is 70.1 cm³/mol. The van der Waals surface area contributed by atoms with Gasteiger partial charge in [-0.1, -0.05) is 12.1 Å². The number of rotatable bonds is 4. The number of hydrogen-bond donors (Lipinski definition) is 1. The molecule has 6 heteroatoms. The largest absolute Gasteiger partial charge is 0.489 e. The minimum absolute atomic E-state index is 0.0219. The third-order valence-electron chi connectivity index (χ3n) is 2.94. The van der Waals surface area contributed by atoms with Crippen molar-refractivity contribution >= 4 is 0 Å². The van der Waals surface area contributed by atoms with E-state index in [0.717, 1.165) is 12.1 Å². The van der Waals surface area contributed by atoms with Crippen molar-refractivity contribution in [3.05, 3.63) is 65.0 Å². The summed E-state index contributed by atoms with van der Waals surface area (Å²) in [5.41, 5.74) is 5.91. The van der Waals surface area contributed by atoms with Crippen molar-refractivity contribution in [2.75, 3.05) is 0 Å². The summed E-state index contributed by atoms with van der Waals surface area (Å²) in [4.78, 5) is 0. The predicted octanol–water partition coefficient (Wildman–Crippen LogP) is 3.88. The lowest BCUT2D eigenvalue weighted by Crippen LogP contribution is -2.07. The van der Waals surface area contributed by atoms with Crippen LogP contribution in [-0.2, 0) is 19.3 Å². The molecule has 0 atom stereocenters. The summed E-state index contributed by atoms with van der Waals surface area (Å²) < 4.78 is 56.1. The first-order valence-corrected chi connectivity index (χ1v) is 6.17. The van der Waals surface area contributed by atoms with Crippen LogP contribution in [0.4, 0.5) is 17.6 Å². The highest BCUT2D eigenvalue weighted by Crippen LogP contribution is 2.31. The second kappa shape index (κ2) is 6.13. The molecule has 21 heavy (non-hydrogen) atoms. The van der Waals surface area contributed by atoms with E-state index in [0.29, 0.717) is 11.1 Å². The van der Waals surface area contributed by atoms with Crippen molar-refractivity contribution in [1.82, 2.24) is 0 Å². The van der Waals surface area contributed by atoms with Crippen LogP contribution < -0.4 is 10.5 Å². The van der Waals surface area contributed by atoms with Crippen LogP contribution in [0.1, 0.15) is 16.7 Å². The summed E-state index contributed by atoms with van der Waals surface area (Å²) in [5.74, 6) is -0.324. The first-order chi connectivity index (χ1) is 9.90. The Morgan fingerprint density at radius 3 is 2.43 bits per heavy atom. The van der Waals surface area contributed by atoms with E-state index in [1.807, 2.05) is 0 Å². The zero-order chi connectivity index (χ0) is 15.5. The molecule has 0 fully saturated rings. The highest BCUT2D eigenvalue weighted by molar-refractivity contribution is 5.32. The maximum atomic E-state index is 13.1. The molecule has 0 heterocycles. The minimum atomic E-state index is -4.42. The molecule has 0 spiro atoms. The summed E-state index contributed by atoms with van der Waals surface area (Å²) in [5, 5.41) is 0. The molecule has 2 nitrogen and oxygen atoms in total. The molecule has 0 saturated heterocycles. The molecular formula is C15H13F4NO. The van der Waals surface area contributed by atoms with Gasteiger partial charge >= 0.3 is 6.18 Å². The van der Waals surface area contributed by atoms with Gasteiger partial charge in [-0.2, -0.15) is 13.2 Å².